The van der Waals surface area contributed by atoms with Crippen molar-refractivity contribution in [2.75, 3.05) is 18.0 Å². The lowest BCUT2D eigenvalue weighted by molar-refractivity contribution is 0.462. The van der Waals surface area contributed by atoms with Crippen LogP contribution in [0.15, 0.2) is 59.3 Å². The second-order valence-corrected chi connectivity index (χ2v) is 6.67. The van der Waals surface area contributed by atoms with E-state index in [1.165, 1.54) is 5.69 Å². The summed E-state index contributed by atoms with van der Waals surface area (Å²) >= 11 is 0. The monoisotopic (exact) mass is 345 g/mol. The quantitative estimate of drug-likeness (QED) is 0.608. The molecule has 130 valence electrons. The first-order chi connectivity index (χ1) is 12.9. The molecular formula is C20H19N5O. The number of para-hydroxylation sites is 2. The van der Waals surface area contributed by atoms with Crippen LogP contribution >= 0.6 is 0 Å². The number of rotatable bonds is 3. The van der Waals surface area contributed by atoms with E-state index in [-0.39, 0.29) is 0 Å². The molecule has 0 saturated carbocycles. The predicted octanol–water partition coefficient (Wildman–Crippen LogP) is 4.00. The molecule has 0 bridgehead atoms. The second kappa shape index (κ2) is 6.29. The number of piperidine rings is 1. The third-order valence-electron chi connectivity index (χ3n) is 5.06. The van der Waals surface area contributed by atoms with Crippen LogP contribution in [0.25, 0.3) is 22.4 Å². The molecule has 1 saturated heterocycles. The van der Waals surface area contributed by atoms with E-state index in [0.717, 1.165) is 54.3 Å². The highest BCUT2D eigenvalue weighted by Gasteiger charge is 2.25. The molecule has 0 unspecified atom stereocenters. The Morgan fingerprint density at radius 2 is 1.85 bits per heavy atom. The zero-order chi connectivity index (χ0) is 17.3. The number of aromatic amines is 1. The maximum Gasteiger partial charge on any atom is 0.298 e. The second-order valence-electron chi connectivity index (χ2n) is 6.67. The SMILES string of the molecule is c1ccc2oc(N3CCC(c4cc(-c5ccncc5)n[nH]4)CC3)nc2c1. The van der Waals surface area contributed by atoms with E-state index in [1.807, 2.05) is 36.4 Å². The minimum atomic E-state index is 0.485. The fourth-order valence-electron chi connectivity index (χ4n) is 3.59. The predicted molar refractivity (Wildman–Crippen MR) is 100 cm³/mol. The number of oxazole rings is 1. The summed E-state index contributed by atoms with van der Waals surface area (Å²) in [6.07, 6.45) is 5.69. The fourth-order valence-corrected chi connectivity index (χ4v) is 3.59. The van der Waals surface area contributed by atoms with Crippen LogP contribution in [0.4, 0.5) is 6.01 Å². The average molecular weight is 345 g/mol. The van der Waals surface area contributed by atoms with Gasteiger partial charge >= 0.3 is 0 Å². The lowest BCUT2D eigenvalue weighted by Gasteiger charge is -2.30. The van der Waals surface area contributed by atoms with Gasteiger partial charge in [0.05, 0.1) is 5.69 Å². The largest absolute Gasteiger partial charge is 0.423 e. The molecule has 1 fully saturated rings. The van der Waals surface area contributed by atoms with Crippen LogP contribution < -0.4 is 4.90 Å². The van der Waals surface area contributed by atoms with Crippen molar-refractivity contribution in [2.45, 2.75) is 18.8 Å². The Morgan fingerprint density at radius 1 is 1.04 bits per heavy atom. The summed E-state index contributed by atoms with van der Waals surface area (Å²) in [6.45, 7) is 1.86. The van der Waals surface area contributed by atoms with Crippen molar-refractivity contribution in [3.63, 3.8) is 0 Å². The van der Waals surface area contributed by atoms with Gasteiger partial charge in [0.1, 0.15) is 5.52 Å². The molecule has 5 rings (SSSR count). The molecule has 6 heteroatoms. The first-order valence-electron chi connectivity index (χ1n) is 8.93. The van der Waals surface area contributed by atoms with Gasteiger partial charge in [0.25, 0.3) is 6.01 Å². The van der Waals surface area contributed by atoms with Crippen LogP contribution in [0.1, 0.15) is 24.5 Å². The molecule has 0 amide bonds. The number of nitrogens with one attached hydrogen (secondary N) is 1. The van der Waals surface area contributed by atoms with Crippen molar-refractivity contribution in [2.24, 2.45) is 0 Å². The third-order valence-corrected chi connectivity index (χ3v) is 5.06. The van der Waals surface area contributed by atoms with Gasteiger partial charge in [-0.05, 0) is 43.2 Å². The van der Waals surface area contributed by atoms with Gasteiger partial charge in [0.2, 0.25) is 0 Å². The van der Waals surface area contributed by atoms with Gasteiger partial charge in [0, 0.05) is 42.7 Å². The molecule has 1 aliphatic rings. The van der Waals surface area contributed by atoms with Crippen molar-refractivity contribution < 1.29 is 4.42 Å². The molecule has 0 radical (unpaired) electrons. The number of hydrogen-bond donors (Lipinski definition) is 1. The topological polar surface area (TPSA) is 70.8 Å². The summed E-state index contributed by atoms with van der Waals surface area (Å²) in [7, 11) is 0. The van der Waals surface area contributed by atoms with E-state index in [0.29, 0.717) is 5.92 Å². The lowest BCUT2D eigenvalue weighted by Crippen LogP contribution is -2.33. The van der Waals surface area contributed by atoms with Crippen molar-refractivity contribution in [1.29, 1.82) is 0 Å². The van der Waals surface area contributed by atoms with Crippen LogP contribution in [0, 0.1) is 0 Å². The van der Waals surface area contributed by atoms with Crippen molar-refractivity contribution >= 4 is 17.1 Å². The molecule has 0 spiro atoms. The van der Waals surface area contributed by atoms with Gasteiger partial charge in [-0.25, -0.2) is 0 Å². The molecule has 26 heavy (non-hydrogen) atoms. The molecule has 4 heterocycles. The molecule has 1 aromatic carbocycles. The minimum absolute atomic E-state index is 0.485. The molecule has 4 aromatic rings. The Balaban J connectivity index is 1.29. The van der Waals surface area contributed by atoms with Gasteiger partial charge in [0.15, 0.2) is 5.58 Å². The summed E-state index contributed by atoms with van der Waals surface area (Å²) < 4.78 is 5.90. The number of hydrogen-bond acceptors (Lipinski definition) is 5. The van der Waals surface area contributed by atoms with Crippen LogP contribution in [0.5, 0.6) is 0 Å². The normalized spacial score (nSPS) is 15.6. The zero-order valence-corrected chi connectivity index (χ0v) is 14.3. The number of pyridine rings is 1. The summed E-state index contributed by atoms with van der Waals surface area (Å²) in [5, 5.41) is 7.69. The molecule has 0 aliphatic carbocycles. The van der Waals surface area contributed by atoms with E-state index in [2.05, 4.69) is 31.1 Å². The molecule has 0 atom stereocenters. The van der Waals surface area contributed by atoms with Crippen molar-refractivity contribution in [3.8, 4) is 11.3 Å². The highest BCUT2D eigenvalue weighted by molar-refractivity contribution is 5.74. The van der Waals surface area contributed by atoms with Gasteiger partial charge in [-0.15, -0.1) is 0 Å². The minimum Gasteiger partial charge on any atom is -0.423 e. The number of aromatic nitrogens is 4. The summed E-state index contributed by atoms with van der Waals surface area (Å²) in [6, 6.07) is 14.8. The Kier molecular flexibility index (Phi) is 3.66. The summed E-state index contributed by atoms with van der Waals surface area (Å²) in [5.41, 5.74) is 5.03. The van der Waals surface area contributed by atoms with Gasteiger partial charge < -0.3 is 9.32 Å². The Labute approximate surface area is 150 Å². The van der Waals surface area contributed by atoms with Gasteiger partial charge in [-0.2, -0.15) is 10.1 Å². The van der Waals surface area contributed by atoms with E-state index >= 15 is 0 Å². The lowest BCUT2D eigenvalue weighted by atomic mass is 9.93. The average Bonchev–Trinajstić information content (AvgIpc) is 3.36. The highest BCUT2D eigenvalue weighted by Crippen LogP contribution is 2.32. The maximum atomic E-state index is 5.90. The van der Waals surface area contributed by atoms with Crippen molar-refractivity contribution in [3.05, 3.63) is 60.6 Å². The fraction of sp³-hybridized carbons (Fsp3) is 0.250. The maximum absolute atomic E-state index is 5.90. The number of fused-ring (bicyclic) bond motifs is 1. The van der Waals surface area contributed by atoms with Crippen LogP contribution in [0.3, 0.4) is 0 Å². The number of nitrogens with zero attached hydrogens (tertiary/aromatic N) is 4. The van der Waals surface area contributed by atoms with E-state index in [9.17, 15) is 0 Å². The van der Waals surface area contributed by atoms with E-state index < -0.39 is 0 Å². The molecule has 1 aliphatic heterocycles. The molecular weight excluding hydrogens is 326 g/mol. The molecule has 6 nitrogen and oxygen atoms in total. The first kappa shape index (κ1) is 15.1. The standard InChI is InChI=1S/C20H19N5O/c1-2-4-19-16(3-1)22-20(26-19)25-11-7-15(8-12-25)18-13-17(23-24-18)14-5-9-21-10-6-14/h1-6,9-10,13,15H,7-8,11-12H2,(H,23,24). The molecule has 1 N–H and O–H groups in total. The number of benzene rings is 1. The van der Waals surface area contributed by atoms with Gasteiger partial charge in [-0.3, -0.25) is 10.1 Å². The van der Waals surface area contributed by atoms with Gasteiger partial charge in [-0.1, -0.05) is 12.1 Å². The van der Waals surface area contributed by atoms with Crippen LogP contribution in [-0.2, 0) is 0 Å². The van der Waals surface area contributed by atoms with Crippen LogP contribution in [0.2, 0.25) is 0 Å². The number of H-pyrrole nitrogens is 1. The smallest absolute Gasteiger partial charge is 0.298 e. The Hall–Kier alpha value is -3.15. The van der Waals surface area contributed by atoms with E-state index in [1.54, 1.807) is 12.4 Å². The Morgan fingerprint density at radius 3 is 2.65 bits per heavy atom. The van der Waals surface area contributed by atoms with E-state index in [4.69, 9.17) is 4.42 Å². The van der Waals surface area contributed by atoms with Crippen LogP contribution in [-0.4, -0.2) is 33.3 Å². The molecule has 3 aromatic heterocycles. The zero-order valence-electron chi connectivity index (χ0n) is 14.3. The summed E-state index contributed by atoms with van der Waals surface area (Å²) in [5.74, 6) is 0.485. The first-order valence-corrected chi connectivity index (χ1v) is 8.93. The number of anilines is 1. The highest BCUT2D eigenvalue weighted by atomic mass is 16.4. The Bertz CT molecular complexity index is 982. The third kappa shape index (κ3) is 2.73. The summed E-state index contributed by atoms with van der Waals surface area (Å²) in [4.78, 5) is 10.9. The van der Waals surface area contributed by atoms with Crippen molar-refractivity contribution in [1.82, 2.24) is 20.2 Å².